The van der Waals surface area contributed by atoms with Gasteiger partial charge in [0.15, 0.2) is 5.82 Å². The highest BCUT2D eigenvalue weighted by Crippen LogP contribution is 2.17. The highest BCUT2D eigenvalue weighted by molar-refractivity contribution is 5.95. The van der Waals surface area contributed by atoms with Crippen molar-refractivity contribution in [3.8, 4) is 0 Å². The second kappa shape index (κ2) is 4.57. The predicted molar refractivity (Wildman–Crippen MR) is 55.8 cm³/mol. The minimum Gasteiger partial charge on any atom is -0.381 e. The lowest BCUT2D eigenvalue weighted by atomic mass is 10.0. The number of rotatable bonds is 4. The molecule has 4 heteroatoms. The van der Waals surface area contributed by atoms with E-state index in [1.165, 1.54) is 0 Å². The summed E-state index contributed by atoms with van der Waals surface area (Å²) in [7, 11) is 0. The van der Waals surface area contributed by atoms with Gasteiger partial charge < -0.3 is 9.30 Å². The summed E-state index contributed by atoms with van der Waals surface area (Å²) in [5.41, 5.74) is 0. The van der Waals surface area contributed by atoms with Gasteiger partial charge in [-0.25, -0.2) is 4.98 Å². The molecule has 0 bridgehead atoms. The topological polar surface area (TPSA) is 44.1 Å². The molecular weight excluding hydrogens is 192 g/mol. The lowest BCUT2D eigenvalue weighted by Gasteiger charge is -2.08. The van der Waals surface area contributed by atoms with Gasteiger partial charge in [-0.1, -0.05) is 6.92 Å². The van der Waals surface area contributed by atoms with Crippen LogP contribution in [0.5, 0.6) is 0 Å². The minimum atomic E-state index is 0.0167. The molecule has 2 heterocycles. The molecule has 1 saturated heterocycles. The summed E-state index contributed by atoms with van der Waals surface area (Å²) in [5.74, 6) is 0.737. The van der Waals surface area contributed by atoms with Crippen LogP contribution in [-0.2, 0) is 11.3 Å². The van der Waals surface area contributed by atoms with Gasteiger partial charge in [-0.3, -0.25) is 4.79 Å². The molecular formula is C11H16N2O2. The standard InChI is InChI=1S/C11H16N2O2/c1-2-5-13-6-4-12-11(13)10(14)9-3-7-15-8-9/h4,6,9H,2-3,5,7-8H2,1H3. The number of aryl methyl sites for hydroxylation is 1. The fourth-order valence-electron chi connectivity index (χ4n) is 1.88. The highest BCUT2D eigenvalue weighted by Gasteiger charge is 2.27. The number of ketones is 1. The van der Waals surface area contributed by atoms with E-state index in [1.54, 1.807) is 6.20 Å². The van der Waals surface area contributed by atoms with Crippen molar-refractivity contribution in [2.45, 2.75) is 26.3 Å². The molecule has 1 aromatic rings. The number of Topliss-reactive ketones (excluding diaryl/α,β-unsaturated/α-hetero) is 1. The molecule has 0 aromatic carbocycles. The predicted octanol–water partition coefficient (Wildman–Crippen LogP) is 1.51. The third-order valence-electron chi connectivity index (χ3n) is 2.70. The molecule has 0 aliphatic carbocycles. The first-order valence-corrected chi connectivity index (χ1v) is 5.46. The van der Waals surface area contributed by atoms with Crippen LogP contribution in [0.25, 0.3) is 0 Å². The zero-order valence-electron chi connectivity index (χ0n) is 8.98. The Balaban J connectivity index is 2.13. The number of carbonyl (C=O) groups excluding carboxylic acids is 1. The van der Waals surface area contributed by atoms with Crippen molar-refractivity contribution in [3.05, 3.63) is 18.2 Å². The van der Waals surface area contributed by atoms with Crippen LogP contribution in [0, 0.1) is 5.92 Å². The summed E-state index contributed by atoms with van der Waals surface area (Å²) in [6, 6.07) is 0. The second-order valence-corrected chi connectivity index (χ2v) is 3.87. The van der Waals surface area contributed by atoms with E-state index < -0.39 is 0 Å². The largest absolute Gasteiger partial charge is 0.381 e. The van der Waals surface area contributed by atoms with Crippen LogP contribution in [0.15, 0.2) is 12.4 Å². The lowest BCUT2D eigenvalue weighted by molar-refractivity contribution is 0.0885. The lowest BCUT2D eigenvalue weighted by Crippen LogP contribution is -2.19. The van der Waals surface area contributed by atoms with Crippen molar-refractivity contribution in [2.24, 2.45) is 5.92 Å². The highest BCUT2D eigenvalue weighted by atomic mass is 16.5. The summed E-state index contributed by atoms with van der Waals surface area (Å²) in [6.45, 7) is 4.20. The van der Waals surface area contributed by atoms with E-state index in [2.05, 4.69) is 11.9 Å². The summed E-state index contributed by atoms with van der Waals surface area (Å²) in [6.07, 6.45) is 5.40. The average molecular weight is 208 g/mol. The Morgan fingerprint density at radius 2 is 2.60 bits per heavy atom. The zero-order valence-corrected chi connectivity index (χ0v) is 8.98. The minimum absolute atomic E-state index is 0.0167. The Bertz CT molecular complexity index is 340. The van der Waals surface area contributed by atoms with E-state index in [1.807, 2.05) is 10.8 Å². The van der Waals surface area contributed by atoms with Gasteiger partial charge in [0.2, 0.25) is 5.78 Å². The van der Waals surface area contributed by atoms with Crippen LogP contribution in [0.1, 0.15) is 30.4 Å². The quantitative estimate of drug-likeness (QED) is 0.704. The summed E-state index contributed by atoms with van der Waals surface area (Å²) < 4.78 is 7.15. The Hall–Kier alpha value is -1.16. The molecule has 1 fully saturated rings. The van der Waals surface area contributed by atoms with Crippen molar-refractivity contribution in [3.63, 3.8) is 0 Å². The maximum absolute atomic E-state index is 12.0. The molecule has 0 N–H and O–H groups in total. The van der Waals surface area contributed by atoms with E-state index in [0.717, 1.165) is 19.4 Å². The number of nitrogens with zero attached hydrogens (tertiary/aromatic N) is 2. The molecule has 1 aliphatic heterocycles. The van der Waals surface area contributed by atoms with Gasteiger partial charge in [0, 0.05) is 25.5 Å². The molecule has 1 atom stereocenters. The second-order valence-electron chi connectivity index (χ2n) is 3.87. The van der Waals surface area contributed by atoms with Gasteiger partial charge >= 0.3 is 0 Å². The molecule has 1 unspecified atom stereocenters. The Labute approximate surface area is 89.3 Å². The third kappa shape index (κ3) is 2.09. The number of carbonyl (C=O) groups is 1. The van der Waals surface area contributed by atoms with Gasteiger partial charge in [-0.2, -0.15) is 0 Å². The molecule has 15 heavy (non-hydrogen) atoms. The third-order valence-corrected chi connectivity index (χ3v) is 2.70. The average Bonchev–Trinajstić information content (AvgIpc) is 2.87. The Morgan fingerprint density at radius 3 is 3.27 bits per heavy atom. The number of ether oxygens (including phenoxy) is 1. The van der Waals surface area contributed by atoms with Crippen LogP contribution < -0.4 is 0 Å². The molecule has 1 aliphatic rings. The molecule has 0 spiro atoms. The first kappa shape index (κ1) is 10.4. The van der Waals surface area contributed by atoms with Crippen LogP contribution in [0.2, 0.25) is 0 Å². The van der Waals surface area contributed by atoms with Crippen LogP contribution in [-0.4, -0.2) is 28.5 Å². The molecule has 1 aromatic heterocycles. The van der Waals surface area contributed by atoms with E-state index in [9.17, 15) is 4.79 Å². The van der Waals surface area contributed by atoms with E-state index in [0.29, 0.717) is 19.0 Å². The van der Waals surface area contributed by atoms with Crippen LogP contribution in [0.3, 0.4) is 0 Å². The molecule has 0 saturated carbocycles. The fraction of sp³-hybridized carbons (Fsp3) is 0.636. The summed E-state index contributed by atoms with van der Waals surface area (Å²) in [4.78, 5) is 16.2. The van der Waals surface area contributed by atoms with Crippen LogP contribution >= 0.6 is 0 Å². The Morgan fingerprint density at radius 1 is 1.73 bits per heavy atom. The summed E-state index contributed by atoms with van der Waals surface area (Å²) >= 11 is 0. The first-order valence-electron chi connectivity index (χ1n) is 5.46. The van der Waals surface area contributed by atoms with E-state index in [-0.39, 0.29) is 11.7 Å². The monoisotopic (exact) mass is 208 g/mol. The smallest absolute Gasteiger partial charge is 0.203 e. The van der Waals surface area contributed by atoms with Crippen LogP contribution in [0.4, 0.5) is 0 Å². The van der Waals surface area contributed by atoms with Gasteiger partial charge in [-0.05, 0) is 12.8 Å². The zero-order chi connectivity index (χ0) is 10.7. The van der Waals surface area contributed by atoms with Crippen molar-refractivity contribution in [1.82, 2.24) is 9.55 Å². The number of aromatic nitrogens is 2. The summed E-state index contributed by atoms with van der Waals surface area (Å²) in [5, 5.41) is 0. The van der Waals surface area contributed by atoms with Gasteiger partial charge in [-0.15, -0.1) is 0 Å². The SMILES string of the molecule is CCCn1ccnc1C(=O)C1CCOC1. The number of imidazole rings is 1. The fourth-order valence-corrected chi connectivity index (χ4v) is 1.88. The van der Waals surface area contributed by atoms with Crippen molar-refractivity contribution in [2.75, 3.05) is 13.2 Å². The van der Waals surface area contributed by atoms with E-state index in [4.69, 9.17) is 4.74 Å². The van der Waals surface area contributed by atoms with Gasteiger partial charge in [0.25, 0.3) is 0 Å². The van der Waals surface area contributed by atoms with Gasteiger partial charge in [0.1, 0.15) is 0 Å². The molecule has 0 amide bonds. The number of hydrogen-bond donors (Lipinski definition) is 0. The Kier molecular flexibility index (Phi) is 3.16. The molecule has 0 radical (unpaired) electrons. The number of hydrogen-bond acceptors (Lipinski definition) is 3. The molecule has 2 rings (SSSR count). The molecule has 4 nitrogen and oxygen atoms in total. The molecule has 82 valence electrons. The van der Waals surface area contributed by atoms with Crippen molar-refractivity contribution in [1.29, 1.82) is 0 Å². The van der Waals surface area contributed by atoms with E-state index >= 15 is 0 Å². The van der Waals surface area contributed by atoms with Crippen molar-refractivity contribution < 1.29 is 9.53 Å². The maximum Gasteiger partial charge on any atom is 0.203 e. The van der Waals surface area contributed by atoms with Gasteiger partial charge in [0.05, 0.1) is 12.5 Å². The first-order chi connectivity index (χ1) is 7.33. The van der Waals surface area contributed by atoms with Crippen molar-refractivity contribution >= 4 is 5.78 Å². The maximum atomic E-state index is 12.0. The normalized spacial score (nSPS) is 20.7.